The van der Waals surface area contributed by atoms with Crippen LogP contribution in [0.1, 0.15) is 0 Å². The van der Waals surface area contributed by atoms with E-state index >= 15 is 0 Å². The zero-order chi connectivity index (χ0) is 33.0. The van der Waals surface area contributed by atoms with Gasteiger partial charge in [-0.05, 0) is 29.3 Å². The van der Waals surface area contributed by atoms with Gasteiger partial charge in [0.05, 0.1) is 11.4 Å². The minimum absolute atomic E-state index is 0.672. The molecule has 0 amide bonds. The molecule has 3 aromatic heterocycles. The van der Waals surface area contributed by atoms with Crippen LogP contribution in [0.5, 0.6) is 0 Å². The summed E-state index contributed by atoms with van der Waals surface area (Å²) in [6.45, 7) is 0. The van der Waals surface area contributed by atoms with Crippen LogP contribution in [0.3, 0.4) is 0 Å². The smallest absolute Gasteiger partial charge is 0.160 e. The maximum Gasteiger partial charge on any atom is 0.160 e. The molecule has 0 aliphatic carbocycles. The van der Waals surface area contributed by atoms with E-state index in [0.717, 1.165) is 94.2 Å². The van der Waals surface area contributed by atoms with E-state index in [1.54, 1.807) is 0 Å². The first-order chi connectivity index (χ1) is 24.8. The molecule has 0 radical (unpaired) electrons. The van der Waals surface area contributed by atoms with Crippen LogP contribution in [-0.4, -0.2) is 9.97 Å². The largest absolute Gasteiger partial charge is 0.455 e. The summed E-state index contributed by atoms with van der Waals surface area (Å²) in [5, 5.41) is 4.29. The zero-order valence-electron chi connectivity index (χ0n) is 26.9. The Kier molecular flexibility index (Phi) is 6.46. The molecule has 234 valence electrons. The van der Waals surface area contributed by atoms with Crippen molar-refractivity contribution in [3.8, 4) is 56.2 Å². The molecule has 0 N–H and O–H groups in total. The standard InChI is InChI=1S/C46H28N2O2/c1-4-13-29(14-5-1)34-21-11-23-36-38-26-39-37-24-12-22-35(45(37)50-43(39)28-42(38)49-44(34)36)32-19-10-20-33(25-32)46-47-40(30-15-6-2-7-16-30)27-41(48-46)31-17-8-3-9-18-31/h1-28H. The Morgan fingerprint density at radius 1 is 0.320 bits per heavy atom. The molecule has 0 atom stereocenters. The van der Waals surface area contributed by atoms with E-state index in [9.17, 15) is 0 Å². The van der Waals surface area contributed by atoms with Crippen LogP contribution in [-0.2, 0) is 0 Å². The van der Waals surface area contributed by atoms with Gasteiger partial charge in [-0.3, -0.25) is 0 Å². The molecule has 0 unspecified atom stereocenters. The Morgan fingerprint density at radius 3 is 1.34 bits per heavy atom. The fraction of sp³-hybridized carbons (Fsp3) is 0. The molecule has 50 heavy (non-hydrogen) atoms. The lowest BCUT2D eigenvalue weighted by Gasteiger charge is -2.10. The average Bonchev–Trinajstić information content (AvgIpc) is 3.75. The highest BCUT2D eigenvalue weighted by Crippen LogP contribution is 2.42. The van der Waals surface area contributed by atoms with Gasteiger partial charge in [0.2, 0.25) is 0 Å². The van der Waals surface area contributed by atoms with E-state index < -0.39 is 0 Å². The predicted octanol–water partition coefficient (Wildman–Crippen LogP) is 12.6. The molecular weight excluding hydrogens is 613 g/mol. The number of para-hydroxylation sites is 2. The van der Waals surface area contributed by atoms with Crippen molar-refractivity contribution >= 4 is 43.9 Å². The SMILES string of the molecule is c1ccc(-c2cc(-c3ccccc3)nc(-c3cccc(-c4cccc5c4oc4cc6oc7c(-c8ccccc8)cccc7c6cc45)c3)n2)cc1. The molecule has 0 spiro atoms. The Morgan fingerprint density at radius 2 is 0.780 bits per heavy atom. The molecule has 0 aliphatic heterocycles. The van der Waals surface area contributed by atoms with Gasteiger partial charge in [-0.1, -0.05) is 146 Å². The second-order valence-corrected chi connectivity index (χ2v) is 12.6. The van der Waals surface area contributed by atoms with E-state index in [0.29, 0.717) is 5.82 Å². The van der Waals surface area contributed by atoms with Gasteiger partial charge in [-0.25, -0.2) is 9.97 Å². The van der Waals surface area contributed by atoms with Crippen molar-refractivity contribution in [3.05, 3.63) is 170 Å². The summed E-state index contributed by atoms with van der Waals surface area (Å²) in [6, 6.07) is 58.3. The van der Waals surface area contributed by atoms with E-state index in [2.05, 4.69) is 121 Å². The molecule has 0 saturated carbocycles. The maximum atomic E-state index is 6.67. The van der Waals surface area contributed by atoms with Crippen LogP contribution in [0, 0.1) is 0 Å². The molecule has 0 aliphatic rings. The Balaban J connectivity index is 1.11. The summed E-state index contributed by atoms with van der Waals surface area (Å²) in [7, 11) is 0. The van der Waals surface area contributed by atoms with Crippen molar-refractivity contribution in [1.82, 2.24) is 9.97 Å². The third-order valence-electron chi connectivity index (χ3n) is 9.50. The molecule has 4 heteroatoms. The van der Waals surface area contributed by atoms with Gasteiger partial charge in [0.25, 0.3) is 0 Å². The summed E-state index contributed by atoms with van der Waals surface area (Å²) in [5.41, 5.74) is 12.4. The van der Waals surface area contributed by atoms with Crippen LogP contribution in [0.15, 0.2) is 179 Å². The lowest BCUT2D eigenvalue weighted by Crippen LogP contribution is -1.96. The molecule has 0 fully saturated rings. The monoisotopic (exact) mass is 640 g/mol. The zero-order valence-corrected chi connectivity index (χ0v) is 26.9. The van der Waals surface area contributed by atoms with Crippen molar-refractivity contribution in [2.75, 3.05) is 0 Å². The minimum atomic E-state index is 0.672. The van der Waals surface area contributed by atoms with Crippen molar-refractivity contribution < 1.29 is 8.83 Å². The molecule has 0 saturated heterocycles. The van der Waals surface area contributed by atoms with E-state index in [1.165, 1.54) is 0 Å². The van der Waals surface area contributed by atoms with E-state index in [1.807, 2.05) is 48.5 Å². The van der Waals surface area contributed by atoms with Crippen molar-refractivity contribution in [1.29, 1.82) is 0 Å². The molecule has 10 aromatic rings. The summed E-state index contributed by atoms with van der Waals surface area (Å²) < 4.78 is 13.2. The molecule has 0 bridgehead atoms. The highest BCUT2D eigenvalue weighted by atomic mass is 16.3. The van der Waals surface area contributed by atoms with Crippen molar-refractivity contribution in [2.45, 2.75) is 0 Å². The lowest BCUT2D eigenvalue weighted by atomic mass is 9.99. The third-order valence-corrected chi connectivity index (χ3v) is 9.50. The number of aromatic nitrogens is 2. The van der Waals surface area contributed by atoms with E-state index in [4.69, 9.17) is 18.8 Å². The summed E-state index contributed by atoms with van der Waals surface area (Å²) >= 11 is 0. The Hall–Kier alpha value is -6.78. The number of benzene rings is 7. The van der Waals surface area contributed by atoms with Gasteiger partial charge < -0.3 is 8.83 Å². The molecule has 10 rings (SSSR count). The minimum Gasteiger partial charge on any atom is -0.455 e. The van der Waals surface area contributed by atoms with Gasteiger partial charge in [-0.15, -0.1) is 0 Å². The molecule has 4 nitrogen and oxygen atoms in total. The Bertz CT molecular complexity index is 2800. The van der Waals surface area contributed by atoms with Gasteiger partial charge >= 0.3 is 0 Å². The van der Waals surface area contributed by atoms with Crippen LogP contribution < -0.4 is 0 Å². The van der Waals surface area contributed by atoms with Crippen LogP contribution in [0.2, 0.25) is 0 Å². The van der Waals surface area contributed by atoms with E-state index in [-0.39, 0.29) is 0 Å². The van der Waals surface area contributed by atoms with Crippen molar-refractivity contribution in [3.63, 3.8) is 0 Å². The second-order valence-electron chi connectivity index (χ2n) is 12.6. The normalized spacial score (nSPS) is 11.6. The topological polar surface area (TPSA) is 52.1 Å². The quantitative estimate of drug-likeness (QED) is 0.188. The van der Waals surface area contributed by atoms with Gasteiger partial charge in [0.15, 0.2) is 5.82 Å². The number of hydrogen-bond donors (Lipinski definition) is 0. The maximum absolute atomic E-state index is 6.67. The second kappa shape index (κ2) is 11.4. The first kappa shape index (κ1) is 28.3. The number of fused-ring (bicyclic) bond motifs is 6. The van der Waals surface area contributed by atoms with Gasteiger partial charge in [0, 0.05) is 55.4 Å². The summed E-state index contributed by atoms with van der Waals surface area (Å²) in [4.78, 5) is 10.1. The van der Waals surface area contributed by atoms with Crippen molar-refractivity contribution in [2.24, 2.45) is 0 Å². The highest BCUT2D eigenvalue weighted by Gasteiger charge is 2.18. The predicted molar refractivity (Wildman–Crippen MR) is 204 cm³/mol. The number of furan rings is 2. The van der Waals surface area contributed by atoms with Gasteiger partial charge in [0.1, 0.15) is 22.3 Å². The van der Waals surface area contributed by atoms with Crippen LogP contribution in [0.4, 0.5) is 0 Å². The molecular formula is C46H28N2O2. The lowest BCUT2D eigenvalue weighted by molar-refractivity contribution is 0.657. The summed E-state index contributed by atoms with van der Waals surface area (Å²) in [6.07, 6.45) is 0. The van der Waals surface area contributed by atoms with Crippen LogP contribution in [0.25, 0.3) is 100 Å². The molecule has 7 aromatic carbocycles. The van der Waals surface area contributed by atoms with Gasteiger partial charge in [-0.2, -0.15) is 0 Å². The third kappa shape index (κ3) is 4.69. The fourth-order valence-corrected chi connectivity index (χ4v) is 7.08. The number of rotatable bonds is 5. The Labute approximate surface area is 287 Å². The fourth-order valence-electron chi connectivity index (χ4n) is 7.08. The first-order valence-corrected chi connectivity index (χ1v) is 16.7. The number of hydrogen-bond acceptors (Lipinski definition) is 4. The summed E-state index contributed by atoms with van der Waals surface area (Å²) in [5.74, 6) is 0.672. The average molecular weight is 641 g/mol. The van der Waals surface area contributed by atoms with Crippen LogP contribution >= 0.6 is 0 Å². The first-order valence-electron chi connectivity index (χ1n) is 16.7. The highest BCUT2D eigenvalue weighted by molar-refractivity contribution is 6.18. The molecule has 3 heterocycles. The number of nitrogens with zero attached hydrogens (tertiary/aromatic N) is 2.